The zero-order valence-corrected chi connectivity index (χ0v) is 18.7. The minimum atomic E-state index is -0.813. The molecule has 2 aliphatic rings. The van der Waals surface area contributed by atoms with E-state index in [1.165, 1.54) is 24.3 Å². The van der Waals surface area contributed by atoms with Crippen molar-refractivity contribution < 1.29 is 42.8 Å². The molecule has 9 nitrogen and oxygen atoms in total. The Kier molecular flexibility index (Phi) is 9.26. The molecule has 1 aromatic rings. The monoisotopic (exact) mass is 462 g/mol. The van der Waals surface area contributed by atoms with Gasteiger partial charge < -0.3 is 28.4 Å². The molecule has 0 bridgehead atoms. The van der Waals surface area contributed by atoms with Crippen LogP contribution in [0.15, 0.2) is 36.9 Å². The van der Waals surface area contributed by atoms with E-state index < -0.39 is 24.2 Å². The SMILES string of the molecule is C=CC(=O)OCCCCCCOC(=O)Oc1ccc(C(=O)O[C@H]2COC3C2OC[C@@H]3C)cc1. The Morgan fingerprint density at radius 1 is 0.970 bits per heavy atom. The van der Waals surface area contributed by atoms with Gasteiger partial charge in [0.25, 0.3) is 0 Å². The molecule has 0 spiro atoms. The first-order valence-electron chi connectivity index (χ1n) is 11.2. The van der Waals surface area contributed by atoms with Crippen LogP contribution >= 0.6 is 0 Å². The second-order valence-electron chi connectivity index (χ2n) is 8.03. The third kappa shape index (κ3) is 7.30. The number of fused-ring (bicyclic) bond motifs is 1. The third-order valence-electron chi connectivity index (χ3n) is 5.47. The highest BCUT2D eigenvalue weighted by Crippen LogP contribution is 2.32. The lowest BCUT2D eigenvalue weighted by Crippen LogP contribution is -2.32. The van der Waals surface area contributed by atoms with Crippen LogP contribution in [0.1, 0.15) is 43.0 Å². The second kappa shape index (κ2) is 12.4. The topological polar surface area (TPSA) is 107 Å². The molecule has 0 saturated carbocycles. The van der Waals surface area contributed by atoms with E-state index in [0.29, 0.717) is 31.8 Å². The summed E-state index contributed by atoms with van der Waals surface area (Å²) in [4.78, 5) is 35.1. The van der Waals surface area contributed by atoms with Gasteiger partial charge in [0, 0.05) is 12.0 Å². The molecule has 0 N–H and O–H groups in total. The quantitative estimate of drug-likeness (QED) is 0.161. The van der Waals surface area contributed by atoms with E-state index in [1.807, 2.05) is 6.92 Å². The summed E-state index contributed by atoms with van der Waals surface area (Å²) in [5.41, 5.74) is 0.337. The van der Waals surface area contributed by atoms with Crippen LogP contribution in [0.4, 0.5) is 4.79 Å². The number of benzene rings is 1. The number of unbranched alkanes of at least 4 members (excludes halogenated alkanes) is 3. The molecule has 0 radical (unpaired) electrons. The molecule has 2 fully saturated rings. The van der Waals surface area contributed by atoms with Crippen LogP contribution in [0.2, 0.25) is 0 Å². The lowest BCUT2D eigenvalue weighted by atomic mass is 10.0. The van der Waals surface area contributed by atoms with Crippen LogP contribution in [0, 0.1) is 5.92 Å². The zero-order valence-electron chi connectivity index (χ0n) is 18.7. The predicted molar refractivity (Wildman–Crippen MR) is 116 cm³/mol. The van der Waals surface area contributed by atoms with Gasteiger partial charge in [-0.1, -0.05) is 13.5 Å². The van der Waals surface area contributed by atoms with E-state index in [2.05, 4.69) is 6.58 Å². The van der Waals surface area contributed by atoms with Crippen LogP contribution in [-0.4, -0.2) is 62.8 Å². The van der Waals surface area contributed by atoms with E-state index in [4.69, 9.17) is 28.4 Å². The Hall–Kier alpha value is -2.91. The molecule has 0 aromatic heterocycles. The number of hydrogen-bond donors (Lipinski definition) is 0. The van der Waals surface area contributed by atoms with Gasteiger partial charge in [0.15, 0.2) is 6.10 Å². The van der Waals surface area contributed by atoms with Crippen LogP contribution < -0.4 is 4.74 Å². The molecular weight excluding hydrogens is 432 g/mol. The average molecular weight is 462 g/mol. The van der Waals surface area contributed by atoms with Crippen molar-refractivity contribution in [2.75, 3.05) is 26.4 Å². The summed E-state index contributed by atoms with van der Waals surface area (Å²) >= 11 is 0. The average Bonchev–Trinajstić information content (AvgIpc) is 3.38. The van der Waals surface area contributed by atoms with Crippen LogP contribution in [0.25, 0.3) is 0 Å². The largest absolute Gasteiger partial charge is 0.513 e. The summed E-state index contributed by atoms with van der Waals surface area (Å²) in [6.07, 6.45) is 2.71. The molecule has 33 heavy (non-hydrogen) atoms. The molecule has 0 aliphatic carbocycles. The number of hydrogen-bond acceptors (Lipinski definition) is 9. The van der Waals surface area contributed by atoms with Gasteiger partial charge in [-0.15, -0.1) is 0 Å². The lowest BCUT2D eigenvalue weighted by Gasteiger charge is -2.16. The first kappa shape index (κ1) is 24.7. The van der Waals surface area contributed by atoms with Crippen molar-refractivity contribution in [3.8, 4) is 5.75 Å². The lowest BCUT2D eigenvalue weighted by molar-refractivity contribution is -0.137. The molecule has 2 aliphatic heterocycles. The summed E-state index contributed by atoms with van der Waals surface area (Å²) in [7, 11) is 0. The summed E-state index contributed by atoms with van der Waals surface area (Å²) in [6.45, 7) is 6.86. The Labute approximate surface area is 192 Å². The number of ether oxygens (including phenoxy) is 6. The maximum atomic E-state index is 12.4. The normalized spacial score (nSPS) is 23.4. The molecule has 4 atom stereocenters. The molecule has 0 amide bonds. The number of carbonyl (C=O) groups is 3. The van der Waals surface area contributed by atoms with Crippen molar-refractivity contribution in [3.63, 3.8) is 0 Å². The predicted octanol–water partition coefficient (Wildman–Crippen LogP) is 3.45. The smallest absolute Gasteiger partial charge is 0.463 e. The van der Waals surface area contributed by atoms with Gasteiger partial charge in [0.1, 0.15) is 11.9 Å². The van der Waals surface area contributed by atoms with Gasteiger partial charge in [0.2, 0.25) is 0 Å². The molecule has 180 valence electrons. The fraction of sp³-hybridized carbons (Fsp3) is 0.542. The molecule has 9 heteroatoms. The van der Waals surface area contributed by atoms with Gasteiger partial charge in [-0.2, -0.15) is 0 Å². The highest BCUT2D eigenvalue weighted by Gasteiger charge is 2.47. The van der Waals surface area contributed by atoms with E-state index in [0.717, 1.165) is 25.3 Å². The summed E-state index contributed by atoms with van der Waals surface area (Å²) < 4.78 is 32.0. The number of esters is 2. The molecule has 1 aromatic carbocycles. The highest BCUT2D eigenvalue weighted by atomic mass is 16.7. The first-order valence-corrected chi connectivity index (χ1v) is 11.2. The van der Waals surface area contributed by atoms with Gasteiger partial charge in [-0.05, 0) is 49.9 Å². The van der Waals surface area contributed by atoms with Gasteiger partial charge in [-0.25, -0.2) is 14.4 Å². The summed E-state index contributed by atoms with van der Waals surface area (Å²) in [5.74, 6) is -0.372. The van der Waals surface area contributed by atoms with Crippen molar-refractivity contribution in [1.29, 1.82) is 0 Å². The fourth-order valence-electron chi connectivity index (χ4n) is 3.69. The van der Waals surface area contributed by atoms with Crippen molar-refractivity contribution in [2.45, 2.75) is 50.9 Å². The highest BCUT2D eigenvalue weighted by molar-refractivity contribution is 5.89. The number of carbonyl (C=O) groups excluding carboxylic acids is 3. The second-order valence-corrected chi connectivity index (χ2v) is 8.03. The van der Waals surface area contributed by atoms with E-state index >= 15 is 0 Å². The molecule has 2 unspecified atom stereocenters. The fourth-order valence-corrected chi connectivity index (χ4v) is 3.69. The maximum absolute atomic E-state index is 12.4. The number of rotatable bonds is 11. The van der Waals surface area contributed by atoms with Crippen molar-refractivity contribution in [3.05, 3.63) is 42.5 Å². The zero-order chi connectivity index (χ0) is 23.6. The van der Waals surface area contributed by atoms with Gasteiger partial charge >= 0.3 is 18.1 Å². The Bertz CT molecular complexity index is 820. The van der Waals surface area contributed by atoms with Crippen LogP contribution in [-0.2, 0) is 28.5 Å². The molecule has 2 heterocycles. The molecule has 3 rings (SSSR count). The van der Waals surface area contributed by atoms with E-state index in [9.17, 15) is 14.4 Å². The standard InChI is InChI=1S/C24H30O9/c1-3-20(25)28-12-6-4-5-7-13-29-24(27)32-18-10-8-17(9-11-18)23(26)33-19-15-31-21-16(2)14-30-22(19)21/h3,8-11,16,19,21-22H,1,4-7,12-15H2,2H3/t16-,19-,21?,22?/m0/s1. The summed E-state index contributed by atoms with van der Waals surface area (Å²) in [5, 5.41) is 0. The minimum Gasteiger partial charge on any atom is -0.463 e. The van der Waals surface area contributed by atoms with Crippen molar-refractivity contribution in [2.24, 2.45) is 5.92 Å². The molecular formula is C24H30O9. The van der Waals surface area contributed by atoms with Crippen molar-refractivity contribution in [1.82, 2.24) is 0 Å². The maximum Gasteiger partial charge on any atom is 0.513 e. The van der Waals surface area contributed by atoms with Gasteiger partial charge in [0.05, 0.1) is 38.1 Å². The van der Waals surface area contributed by atoms with Gasteiger partial charge in [-0.3, -0.25) is 0 Å². The third-order valence-corrected chi connectivity index (χ3v) is 5.47. The van der Waals surface area contributed by atoms with Crippen LogP contribution in [0.3, 0.4) is 0 Å². The first-order chi connectivity index (χ1) is 16.0. The molecule has 2 saturated heterocycles. The Balaban J connectivity index is 1.30. The Morgan fingerprint density at radius 2 is 1.64 bits per heavy atom. The van der Waals surface area contributed by atoms with Crippen molar-refractivity contribution >= 4 is 18.1 Å². The van der Waals surface area contributed by atoms with E-state index in [1.54, 1.807) is 0 Å². The summed E-state index contributed by atoms with van der Waals surface area (Å²) in [6, 6.07) is 6.06. The minimum absolute atomic E-state index is 0.0355. The van der Waals surface area contributed by atoms with E-state index in [-0.39, 0.29) is 30.5 Å². The Morgan fingerprint density at radius 3 is 2.33 bits per heavy atom. The van der Waals surface area contributed by atoms with Crippen LogP contribution in [0.5, 0.6) is 5.75 Å².